The molecule has 7 nitrogen and oxygen atoms in total. The summed E-state index contributed by atoms with van der Waals surface area (Å²) < 4.78 is 37.8. The van der Waals surface area contributed by atoms with Gasteiger partial charge in [-0.2, -0.15) is 0 Å². The number of nitrogens with zero attached hydrogens (tertiary/aromatic N) is 1. The minimum Gasteiger partial charge on any atom is -0.495 e. The molecule has 3 rings (SSSR count). The molecule has 0 aromatic heterocycles. The van der Waals surface area contributed by atoms with Gasteiger partial charge in [-0.05, 0) is 53.2 Å². The predicted molar refractivity (Wildman–Crippen MR) is 120 cm³/mol. The molecule has 30 heavy (non-hydrogen) atoms. The lowest BCUT2D eigenvalue weighted by atomic mass is 10.1. The summed E-state index contributed by atoms with van der Waals surface area (Å²) in [6, 6.07) is 15.9. The largest absolute Gasteiger partial charge is 0.495 e. The number of rotatable bonds is 7. The Morgan fingerprint density at radius 3 is 2.43 bits per heavy atom. The topological polar surface area (TPSA) is 84.9 Å². The molecule has 0 aliphatic rings. The summed E-state index contributed by atoms with van der Waals surface area (Å²) in [5, 5.41) is 4.69. The van der Waals surface area contributed by atoms with E-state index >= 15 is 0 Å². The maximum atomic E-state index is 12.5. The SMILES string of the molecule is COc1ccc(NC(=O)COc2ccc3cc(Br)ccc3c2)cc1S(=O)(=O)N(C)C. The predicted octanol–water partition coefficient (Wildman–Crippen LogP) is 3.88. The molecule has 158 valence electrons. The number of fused-ring (bicyclic) bond motifs is 1. The molecule has 0 heterocycles. The number of ether oxygens (including phenoxy) is 2. The molecule has 0 unspecified atom stereocenters. The number of anilines is 1. The summed E-state index contributed by atoms with van der Waals surface area (Å²) in [7, 11) is 0.506. The summed E-state index contributed by atoms with van der Waals surface area (Å²) in [6.45, 7) is -0.218. The van der Waals surface area contributed by atoms with E-state index in [2.05, 4.69) is 21.2 Å². The van der Waals surface area contributed by atoms with Crippen LogP contribution in [0.5, 0.6) is 11.5 Å². The van der Waals surface area contributed by atoms with Gasteiger partial charge in [0.1, 0.15) is 16.4 Å². The molecule has 9 heteroatoms. The van der Waals surface area contributed by atoms with Crippen molar-refractivity contribution in [2.75, 3.05) is 33.1 Å². The zero-order valence-electron chi connectivity index (χ0n) is 16.7. The van der Waals surface area contributed by atoms with Crippen LogP contribution in [0.15, 0.2) is 64.0 Å². The summed E-state index contributed by atoms with van der Waals surface area (Å²) in [4.78, 5) is 12.3. The Kier molecular flexibility index (Phi) is 6.64. The molecule has 0 atom stereocenters. The van der Waals surface area contributed by atoms with Gasteiger partial charge in [0, 0.05) is 24.3 Å². The standard InChI is InChI=1S/C21H21BrN2O5S/c1-24(2)30(26,27)20-12-17(7-9-19(20)28-3)23-21(25)13-29-18-8-5-14-10-16(22)6-4-15(14)11-18/h4-12H,13H2,1-3H3,(H,23,25). The third-order valence-corrected chi connectivity index (χ3v) is 6.68. The Labute approximate surface area is 183 Å². The van der Waals surface area contributed by atoms with Gasteiger partial charge in [0.15, 0.2) is 6.61 Å². The van der Waals surface area contributed by atoms with E-state index in [-0.39, 0.29) is 17.3 Å². The van der Waals surface area contributed by atoms with Crippen LogP contribution < -0.4 is 14.8 Å². The number of sulfonamides is 1. The first-order valence-corrected chi connectivity index (χ1v) is 11.2. The molecule has 0 saturated carbocycles. The van der Waals surface area contributed by atoms with Gasteiger partial charge in [0.05, 0.1) is 7.11 Å². The first-order valence-electron chi connectivity index (χ1n) is 8.93. The van der Waals surface area contributed by atoms with E-state index in [1.807, 2.05) is 30.3 Å². The minimum atomic E-state index is -3.73. The molecule has 0 fully saturated rings. The van der Waals surface area contributed by atoms with Crippen LogP contribution in [-0.4, -0.2) is 46.4 Å². The highest BCUT2D eigenvalue weighted by Gasteiger charge is 2.23. The Balaban J connectivity index is 1.71. The van der Waals surface area contributed by atoms with E-state index in [1.165, 1.54) is 33.3 Å². The molecule has 0 bridgehead atoms. The van der Waals surface area contributed by atoms with E-state index in [9.17, 15) is 13.2 Å². The molecule has 3 aromatic rings. The van der Waals surface area contributed by atoms with Crippen LogP contribution in [0.3, 0.4) is 0 Å². The van der Waals surface area contributed by atoms with Crippen LogP contribution in [0.1, 0.15) is 0 Å². The van der Waals surface area contributed by atoms with Crippen LogP contribution in [0.4, 0.5) is 5.69 Å². The maximum Gasteiger partial charge on any atom is 0.262 e. The van der Waals surface area contributed by atoms with Crippen molar-refractivity contribution >= 4 is 48.3 Å². The van der Waals surface area contributed by atoms with Gasteiger partial charge >= 0.3 is 0 Å². The highest BCUT2D eigenvalue weighted by atomic mass is 79.9. The quantitative estimate of drug-likeness (QED) is 0.540. The zero-order chi connectivity index (χ0) is 21.9. The average molecular weight is 493 g/mol. The van der Waals surface area contributed by atoms with Crippen molar-refractivity contribution < 1.29 is 22.7 Å². The lowest BCUT2D eigenvalue weighted by Gasteiger charge is -2.16. The van der Waals surface area contributed by atoms with Gasteiger partial charge in [-0.3, -0.25) is 4.79 Å². The second-order valence-corrected chi connectivity index (χ2v) is 9.68. The van der Waals surface area contributed by atoms with Gasteiger partial charge in [-0.1, -0.05) is 28.1 Å². The van der Waals surface area contributed by atoms with Gasteiger partial charge in [0.2, 0.25) is 10.0 Å². The summed E-state index contributed by atoms with van der Waals surface area (Å²) in [5.74, 6) is 0.343. The Morgan fingerprint density at radius 1 is 1.03 bits per heavy atom. The normalized spacial score (nSPS) is 11.5. The van der Waals surface area contributed by atoms with Crippen LogP contribution in [0.25, 0.3) is 10.8 Å². The second kappa shape index (κ2) is 9.03. The Bertz CT molecular complexity index is 1200. The van der Waals surface area contributed by atoms with Crippen molar-refractivity contribution in [1.29, 1.82) is 0 Å². The summed E-state index contributed by atoms with van der Waals surface area (Å²) in [5.41, 5.74) is 0.327. The fourth-order valence-corrected chi connectivity index (χ4v) is 4.24. The van der Waals surface area contributed by atoms with E-state index in [1.54, 1.807) is 12.1 Å². The van der Waals surface area contributed by atoms with Gasteiger partial charge in [-0.15, -0.1) is 0 Å². The molecule has 0 saturated heterocycles. The average Bonchev–Trinajstić information content (AvgIpc) is 2.72. The number of methoxy groups -OCH3 is 1. The first-order chi connectivity index (χ1) is 14.2. The number of nitrogens with one attached hydrogen (secondary N) is 1. The molecule has 3 aromatic carbocycles. The highest BCUT2D eigenvalue weighted by Crippen LogP contribution is 2.29. The fraction of sp³-hybridized carbons (Fsp3) is 0.190. The van der Waals surface area contributed by atoms with Crippen molar-refractivity contribution in [2.45, 2.75) is 4.90 Å². The second-order valence-electron chi connectivity index (χ2n) is 6.64. The molecule has 1 amide bonds. The number of benzene rings is 3. The zero-order valence-corrected chi connectivity index (χ0v) is 19.1. The fourth-order valence-electron chi connectivity index (χ4n) is 2.78. The molecule has 0 aliphatic heterocycles. The van der Waals surface area contributed by atoms with Crippen molar-refractivity contribution in [1.82, 2.24) is 4.31 Å². The summed E-state index contributed by atoms with van der Waals surface area (Å²) in [6.07, 6.45) is 0. The first kappa shape index (κ1) is 22.1. The number of hydrogen-bond donors (Lipinski definition) is 1. The lowest BCUT2D eigenvalue weighted by molar-refractivity contribution is -0.118. The van der Waals surface area contributed by atoms with E-state index in [0.29, 0.717) is 11.4 Å². The van der Waals surface area contributed by atoms with E-state index in [0.717, 1.165) is 19.6 Å². The van der Waals surface area contributed by atoms with E-state index in [4.69, 9.17) is 9.47 Å². The molecule has 0 radical (unpaired) electrons. The van der Waals surface area contributed by atoms with Crippen LogP contribution in [0.2, 0.25) is 0 Å². The van der Waals surface area contributed by atoms with E-state index < -0.39 is 15.9 Å². The van der Waals surface area contributed by atoms with Crippen LogP contribution in [-0.2, 0) is 14.8 Å². The maximum absolute atomic E-state index is 12.5. The van der Waals surface area contributed by atoms with Crippen molar-refractivity contribution in [3.63, 3.8) is 0 Å². The number of carbonyl (C=O) groups excluding carboxylic acids is 1. The molecular weight excluding hydrogens is 472 g/mol. The summed E-state index contributed by atoms with van der Waals surface area (Å²) >= 11 is 3.43. The van der Waals surface area contributed by atoms with Gasteiger partial charge in [0.25, 0.3) is 5.91 Å². The van der Waals surface area contributed by atoms with Crippen LogP contribution in [0, 0.1) is 0 Å². The highest BCUT2D eigenvalue weighted by molar-refractivity contribution is 9.10. The van der Waals surface area contributed by atoms with Gasteiger partial charge in [-0.25, -0.2) is 12.7 Å². The lowest BCUT2D eigenvalue weighted by Crippen LogP contribution is -2.24. The number of carbonyl (C=O) groups is 1. The number of hydrogen-bond acceptors (Lipinski definition) is 5. The smallest absolute Gasteiger partial charge is 0.262 e. The molecule has 1 N–H and O–H groups in total. The molecule has 0 spiro atoms. The third kappa shape index (κ3) is 4.92. The van der Waals surface area contributed by atoms with Crippen molar-refractivity contribution in [3.8, 4) is 11.5 Å². The van der Waals surface area contributed by atoms with Crippen molar-refractivity contribution in [2.24, 2.45) is 0 Å². The minimum absolute atomic E-state index is 0.0330. The number of amides is 1. The van der Waals surface area contributed by atoms with Crippen LogP contribution >= 0.6 is 15.9 Å². The molecular formula is C21H21BrN2O5S. The Hall–Kier alpha value is -2.62. The third-order valence-electron chi connectivity index (χ3n) is 4.35. The molecule has 0 aliphatic carbocycles. The Morgan fingerprint density at radius 2 is 1.73 bits per heavy atom. The van der Waals surface area contributed by atoms with Crippen molar-refractivity contribution in [3.05, 3.63) is 59.1 Å². The van der Waals surface area contributed by atoms with Gasteiger partial charge < -0.3 is 14.8 Å². The monoisotopic (exact) mass is 492 g/mol. The number of halogens is 1.